The first-order valence-corrected chi connectivity index (χ1v) is 12.2. The molecule has 0 aliphatic heterocycles. The molecule has 10 heteroatoms. The maximum Gasteiger partial charge on any atom is 0.255 e. The van der Waals surface area contributed by atoms with Gasteiger partial charge in [-0.2, -0.15) is 0 Å². The molecule has 4 rings (SSSR count). The van der Waals surface area contributed by atoms with Gasteiger partial charge in [-0.05, 0) is 55.5 Å². The molecule has 3 aliphatic carbocycles. The van der Waals surface area contributed by atoms with Crippen LogP contribution in [0.15, 0.2) is 35.3 Å². The number of aliphatic hydroxyl groups excluding tert-OH is 2. The largest absolute Gasteiger partial charge is 0.510 e. The second-order valence-electron chi connectivity index (χ2n) is 11.3. The Kier molecular flexibility index (Phi) is 6.14. The summed E-state index contributed by atoms with van der Waals surface area (Å²) >= 11 is 6.32. The number of ketones is 2. The number of nitrogens with two attached hydrogens (primary N) is 1. The molecule has 6 N–H and O–H groups in total. The number of likely N-dealkylation sites (N-methyl/N-ethyl adjacent to an activating group) is 1. The number of allylic oxidation sites excluding steroid dienone is 1. The molecule has 1 aromatic rings. The van der Waals surface area contributed by atoms with Gasteiger partial charge in [-0.25, -0.2) is 0 Å². The van der Waals surface area contributed by atoms with Gasteiger partial charge in [0.2, 0.25) is 5.78 Å². The van der Waals surface area contributed by atoms with E-state index in [1.54, 1.807) is 20.2 Å². The van der Waals surface area contributed by atoms with Crippen LogP contribution in [0.3, 0.4) is 0 Å². The van der Waals surface area contributed by atoms with Crippen molar-refractivity contribution in [3.05, 3.63) is 57.6 Å². The first-order valence-electron chi connectivity index (χ1n) is 11.8. The van der Waals surface area contributed by atoms with Crippen LogP contribution in [0.2, 0.25) is 0 Å². The van der Waals surface area contributed by atoms with E-state index in [9.17, 15) is 34.8 Å². The van der Waals surface area contributed by atoms with Gasteiger partial charge in [0.05, 0.1) is 11.6 Å². The SMILES string of the molecule is C=C(Cl)c1cc(C(C)(C)C)c(O)c2c1C[C@@H]1C[C@@H]3[C@@H](N(C)C)C(O)=C(C(N)=O)C(=O)[C@]3(O)C(O)=C1C2=O. The van der Waals surface area contributed by atoms with Crippen LogP contribution in [-0.2, 0) is 21.4 Å². The minimum absolute atomic E-state index is 0.00173. The second kappa shape index (κ2) is 8.44. The lowest BCUT2D eigenvalue weighted by atomic mass is 9.58. The third-order valence-electron chi connectivity index (χ3n) is 7.82. The van der Waals surface area contributed by atoms with Gasteiger partial charge in [0.25, 0.3) is 5.91 Å². The lowest BCUT2D eigenvalue weighted by molar-refractivity contribution is -0.148. The Labute approximate surface area is 219 Å². The molecule has 0 saturated carbocycles. The highest BCUT2D eigenvalue weighted by molar-refractivity contribution is 6.48. The molecule has 37 heavy (non-hydrogen) atoms. The average Bonchev–Trinajstić information content (AvgIpc) is 2.74. The molecule has 0 unspecified atom stereocenters. The predicted molar refractivity (Wildman–Crippen MR) is 137 cm³/mol. The van der Waals surface area contributed by atoms with Crippen LogP contribution in [0.1, 0.15) is 54.2 Å². The Hall–Kier alpha value is -3.14. The van der Waals surface area contributed by atoms with Crippen LogP contribution in [-0.4, -0.2) is 68.5 Å². The van der Waals surface area contributed by atoms with Crippen molar-refractivity contribution in [1.82, 2.24) is 4.90 Å². The topological polar surface area (TPSA) is 161 Å². The van der Waals surface area contributed by atoms with Crippen LogP contribution in [0.4, 0.5) is 0 Å². The number of phenols is 1. The Balaban J connectivity index is 2.02. The Morgan fingerprint density at radius 3 is 2.30 bits per heavy atom. The van der Waals surface area contributed by atoms with Crippen LogP contribution < -0.4 is 5.73 Å². The highest BCUT2D eigenvalue weighted by atomic mass is 35.5. The molecule has 3 aliphatic rings. The van der Waals surface area contributed by atoms with Gasteiger partial charge in [0, 0.05) is 22.1 Å². The molecule has 0 saturated heterocycles. The van der Waals surface area contributed by atoms with Gasteiger partial charge in [0.1, 0.15) is 22.8 Å². The number of rotatable bonds is 3. The first-order chi connectivity index (χ1) is 17.0. The van der Waals surface area contributed by atoms with E-state index in [4.69, 9.17) is 17.3 Å². The molecule has 198 valence electrons. The number of nitrogens with zero attached hydrogens (tertiary/aromatic N) is 1. The van der Waals surface area contributed by atoms with E-state index < -0.39 is 63.5 Å². The van der Waals surface area contributed by atoms with Gasteiger partial charge in [-0.1, -0.05) is 39.0 Å². The number of primary amides is 1. The third kappa shape index (κ3) is 3.63. The van der Waals surface area contributed by atoms with E-state index in [0.29, 0.717) is 16.7 Å². The van der Waals surface area contributed by atoms with Gasteiger partial charge < -0.3 is 26.2 Å². The van der Waals surface area contributed by atoms with E-state index in [-0.39, 0.29) is 34.8 Å². The fraction of sp³-hybridized carbons (Fsp3) is 0.444. The molecule has 0 heterocycles. The summed E-state index contributed by atoms with van der Waals surface area (Å²) in [6.45, 7) is 9.37. The van der Waals surface area contributed by atoms with Crippen molar-refractivity contribution in [1.29, 1.82) is 0 Å². The number of aromatic hydroxyl groups is 1. The lowest BCUT2D eigenvalue weighted by Crippen LogP contribution is -2.63. The van der Waals surface area contributed by atoms with Gasteiger partial charge in [-0.3, -0.25) is 19.3 Å². The quantitative estimate of drug-likeness (QED) is 0.372. The van der Waals surface area contributed by atoms with Crippen molar-refractivity contribution in [3.63, 3.8) is 0 Å². The maximum atomic E-state index is 13.9. The van der Waals surface area contributed by atoms with Crippen molar-refractivity contribution in [3.8, 4) is 5.75 Å². The molecule has 0 radical (unpaired) electrons. The summed E-state index contributed by atoms with van der Waals surface area (Å²) in [4.78, 5) is 40.9. The van der Waals surface area contributed by atoms with Crippen molar-refractivity contribution in [2.45, 2.75) is 50.7 Å². The summed E-state index contributed by atoms with van der Waals surface area (Å²) < 4.78 is 0. The number of halogens is 1. The third-order valence-corrected chi connectivity index (χ3v) is 8.03. The monoisotopic (exact) mass is 530 g/mol. The van der Waals surface area contributed by atoms with Crippen LogP contribution in [0, 0.1) is 11.8 Å². The zero-order chi connectivity index (χ0) is 27.9. The van der Waals surface area contributed by atoms with E-state index in [2.05, 4.69) is 6.58 Å². The Bertz CT molecular complexity index is 1350. The molecule has 0 spiro atoms. The minimum Gasteiger partial charge on any atom is -0.510 e. The lowest BCUT2D eigenvalue weighted by Gasteiger charge is -2.50. The summed E-state index contributed by atoms with van der Waals surface area (Å²) in [6.07, 6.45) is 0.148. The molecule has 0 aromatic heterocycles. The fourth-order valence-electron chi connectivity index (χ4n) is 6.13. The predicted octanol–water partition coefficient (Wildman–Crippen LogP) is 2.63. The van der Waals surface area contributed by atoms with E-state index >= 15 is 0 Å². The molecular formula is C27H31ClN2O7. The summed E-state index contributed by atoms with van der Waals surface area (Å²) in [5.74, 6) is -6.86. The molecule has 1 aromatic carbocycles. The average molecular weight is 531 g/mol. The standard InChI is InChI=1S/C27H31ClN2O7/c1-10(28)12-9-15(26(2,3)4)20(31)17-13(12)7-11-8-14-19(30(5)6)22(33)18(25(29)36)24(35)27(14,37)23(34)16(11)21(17)32/h9,11,14,19,31,33-34,37H,1,7-8H2,2-6H3,(H2,29,36)/t11-,14-,19-,27-/m1/s1. The molecule has 0 bridgehead atoms. The number of Topliss-reactive ketones (excluding diaryl/α,β-unsaturated/α-hetero) is 2. The van der Waals surface area contributed by atoms with E-state index in [1.165, 1.54) is 4.90 Å². The summed E-state index contributed by atoms with van der Waals surface area (Å²) in [5, 5.41) is 45.3. The van der Waals surface area contributed by atoms with Crippen molar-refractivity contribution in [2.24, 2.45) is 17.6 Å². The second-order valence-corrected chi connectivity index (χ2v) is 11.7. The van der Waals surface area contributed by atoms with Crippen LogP contribution >= 0.6 is 11.6 Å². The van der Waals surface area contributed by atoms with E-state index in [0.717, 1.165) is 0 Å². The summed E-state index contributed by atoms with van der Waals surface area (Å²) in [7, 11) is 3.16. The minimum atomic E-state index is -2.68. The molecule has 4 atom stereocenters. The van der Waals surface area contributed by atoms with Gasteiger partial charge in [-0.15, -0.1) is 0 Å². The van der Waals surface area contributed by atoms with Gasteiger partial charge >= 0.3 is 0 Å². The zero-order valence-corrected chi connectivity index (χ0v) is 22.1. The smallest absolute Gasteiger partial charge is 0.255 e. The maximum absolute atomic E-state index is 13.9. The van der Waals surface area contributed by atoms with Crippen LogP contribution in [0.5, 0.6) is 5.75 Å². The molecule has 1 amide bonds. The summed E-state index contributed by atoms with van der Waals surface area (Å²) in [5.41, 5.74) is 2.33. The number of carbonyl (C=O) groups is 3. The van der Waals surface area contributed by atoms with Crippen molar-refractivity contribution >= 4 is 34.1 Å². The zero-order valence-electron chi connectivity index (χ0n) is 21.3. The van der Waals surface area contributed by atoms with Crippen LogP contribution in [0.25, 0.3) is 5.03 Å². The Morgan fingerprint density at radius 2 is 1.81 bits per heavy atom. The highest BCUT2D eigenvalue weighted by Crippen LogP contribution is 2.53. The van der Waals surface area contributed by atoms with Crippen molar-refractivity contribution < 1.29 is 34.8 Å². The highest BCUT2D eigenvalue weighted by Gasteiger charge is 2.63. The number of hydrogen-bond acceptors (Lipinski definition) is 8. The molecule has 0 fully saturated rings. The van der Waals surface area contributed by atoms with E-state index in [1.807, 2.05) is 20.8 Å². The number of benzene rings is 1. The number of amides is 1. The number of fused-ring (bicyclic) bond motifs is 3. The van der Waals surface area contributed by atoms with Gasteiger partial charge in [0.15, 0.2) is 11.4 Å². The normalized spacial score (nSPS) is 27.7. The number of carbonyl (C=O) groups excluding carboxylic acids is 3. The number of hydrogen-bond donors (Lipinski definition) is 5. The molecular weight excluding hydrogens is 500 g/mol. The number of phenolic OH excluding ortho intramolecular Hbond substituents is 1. The number of aliphatic hydroxyl groups is 3. The summed E-state index contributed by atoms with van der Waals surface area (Å²) in [6, 6.07) is 0.648. The Morgan fingerprint density at radius 1 is 1.22 bits per heavy atom. The fourth-order valence-corrected chi connectivity index (χ4v) is 6.30. The van der Waals surface area contributed by atoms with Crippen molar-refractivity contribution in [2.75, 3.05) is 14.1 Å². The first kappa shape index (κ1) is 26.9. The molecule has 9 nitrogen and oxygen atoms in total.